The van der Waals surface area contributed by atoms with Gasteiger partial charge in [-0.25, -0.2) is 13.6 Å². The third-order valence-electron chi connectivity index (χ3n) is 3.47. The highest BCUT2D eigenvalue weighted by atomic mass is 19.1. The Morgan fingerprint density at radius 3 is 2.74 bits per heavy atom. The van der Waals surface area contributed by atoms with E-state index in [2.05, 4.69) is 10.3 Å². The molecule has 0 aliphatic rings. The number of amides is 1. The minimum Gasteiger partial charge on any atom is -0.350 e. The van der Waals surface area contributed by atoms with Gasteiger partial charge < -0.3 is 10.3 Å². The molecule has 0 saturated carbocycles. The molecule has 1 amide bonds. The Hall–Kier alpha value is -2.96. The van der Waals surface area contributed by atoms with Crippen LogP contribution in [-0.2, 0) is 17.9 Å². The Bertz CT molecular complexity index is 930. The predicted octanol–water partition coefficient (Wildman–Crippen LogP) is 1.92. The topological polar surface area (TPSA) is 66.9 Å². The molecular weight excluding hydrogens is 304 g/mol. The van der Waals surface area contributed by atoms with Crippen molar-refractivity contribution in [2.45, 2.75) is 13.1 Å². The second-order valence-corrected chi connectivity index (χ2v) is 5.05. The lowest BCUT2D eigenvalue weighted by Crippen LogP contribution is -2.31. The van der Waals surface area contributed by atoms with Gasteiger partial charge in [-0.05, 0) is 24.3 Å². The molecule has 0 unspecified atom stereocenters. The van der Waals surface area contributed by atoms with Crippen molar-refractivity contribution in [3.8, 4) is 0 Å². The van der Waals surface area contributed by atoms with Gasteiger partial charge in [0, 0.05) is 12.1 Å². The van der Waals surface area contributed by atoms with Crippen molar-refractivity contribution in [2.75, 3.05) is 0 Å². The number of carbonyl (C=O) groups excluding carboxylic acids is 1. The summed E-state index contributed by atoms with van der Waals surface area (Å²) in [6, 6.07) is 9.92. The summed E-state index contributed by atoms with van der Waals surface area (Å²) in [5.74, 6) is -1.33. The van der Waals surface area contributed by atoms with E-state index in [-0.39, 0.29) is 13.1 Å². The number of H-pyrrole nitrogens is 1. The first-order valence-corrected chi connectivity index (χ1v) is 6.93. The highest BCUT2D eigenvalue weighted by Gasteiger charge is 2.11. The molecule has 2 aromatic carbocycles. The molecule has 0 spiro atoms. The molecule has 23 heavy (non-hydrogen) atoms. The Morgan fingerprint density at radius 2 is 1.96 bits per heavy atom. The Morgan fingerprint density at radius 1 is 1.17 bits per heavy atom. The summed E-state index contributed by atoms with van der Waals surface area (Å²) in [4.78, 5) is 26.3. The van der Waals surface area contributed by atoms with E-state index < -0.39 is 23.2 Å². The van der Waals surface area contributed by atoms with E-state index in [4.69, 9.17) is 0 Å². The van der Waals surface area contributed by atoms with Crippen molar-refractivity contribution in [3.05, 3.63) is 70.1 Å². The van der Waals surface area contributed by atoms with Crippen LogP contribution in [0.25, 0.3) is 11.0 Å². The van der Waals surface area contributed by atoms with E-state index in [0.717, 1.165) is 0 Å². The molecule has 7 heteroatoms. The van der Waals surface area contributed by atoms with Gasteiger partial charge in [0.15, 0.2) is 0 Å². The first-order chi connectivity index (χ1) is 11.0. The van der Waals surface area contributed by atoms with E-state index >= 15 is 0 Å². The number of nitrogens with one attached hydrogen (secondary N) is 2. The maximum absolute atomic E-state index is 13.5. The molecule has 1 heterocycles. The number of imidazole rings is 1. The van der Waals surface area contributed by atoms with Crippen LogP contribution in [-0.4, -0.2) is 15.5 Å². The van der Waals surface area contributed by atoms with Gasteiger partial charge in [0.05, 0.1) is 11.0 Å². The quantitative estimate of drug-likeness (QED) is 0.772. The Kier molecular flexibility index (Phi) is 3.92. The highest BCUT2D eigenvalue weighted by molar-refractivity contribution is 5.80. The number of benzene rings is 2. The maximum Gasteiger partial charge on any atom is 0.326 e. The van der Waals surface area contributed by atoms with Gasteiger partial charge >= 0.3 is 5.69 Å². The number of aromatic amines is 1. The third-order valence-corrected chi connectivity index (χ3v) is 3.47. The highest BCUT2D eigenvalue weighted by Crippen LogP contribution is 2.11. The smallest absolute Gasteiger partial charge is 0.326 e. The summed E-state index contributed by atoms with van der Waals surface area (Å²) in [6.45, 7) is -0.212. The lowest BCUT2D eigenvalue weighted by atomic mass is 10.2. The zero-order valence-electron chi connectivity index (χ0n) is 12.0. The second-order valence-electron chi connectivity index (χ2n) is 5.05. The van der Waals surface area contributed by atoms with Gasteiger partial charge in [-0.2, -0.15) is 0 Å². The van der Waals surface area contributed by atoms with E-state index in [9.17, 15) is 18.4 Å². The average Bonchev–Trinajstić information content (AvgIpc) is 2.81. The van der Waals surface area contributed by atoms with Crippen LogP contribution in [0.15, 0.2) is 47.3 Å². The zero-order chi connectivity index (χ0) is 16.4. The number of hydrogen-bond acceptors (Lipinski definition) is 2. The summed E-state index contributed by atoms with van der Waals surface area (Å²) in [5.41, 5.74) is 0.593. The van der Waals surface area contributed by atoms with E-state index in [1.54, 1.807) is 18.2 Å². The monoisotopic (exact) mass is 317 g/mol. The normalized spacial score (nSPS) is 10.9. The van der Waals surface area contributed by atoms with Crippen LogP contribution in [0, 0.1) is 11.6 Å². The summed E-state index contributed by atoms with van der Waals surface area (Å²) in [5, 5.41) is 2.55. The van der Waals surface area contributed by atoms with Crippen LogP contribution in [0.4, 0.5) is 8.78 Å². The van der Waals surface area contributed by atoms with Crippen LogP contribution in [0.3, 0.4) is 0 Å². The van der Waals surface area contributed by atoms with Crippen molar-refractivity contribution < 1.29 is 13.6 Å². The number of halogens is 2. The minimum absolute atomic E-state index is 0.0250. The molecule has 0 fully saturated rings. The first-order valence-electron chi connectivity index (χ1n) is 6.93. The number of fused-ring (bicyclic) bond motifs is 1. The fourth-order valence-electron chi connectivity index (χ4n) is 2.33. The zero-order valence-corrected chi connectivity index (χ0v) is 12.0. The molecular formula is C16H13F2N3O2. The number of rotatable bonds is 4. The van der Waals surface area contributed by atoms with Crippen molar-refractivity contribution in [2.24, 2.45) is 0 Å². The van der Waals surface area contributed by atoms with Crippen molar-refractivity contribution >= 4 is 16.9 Å². The second kappa shape index (κ2) is 6.04. The van der Waals surface area contributed by atoms with Crippen LogP contribution < -0.4 is 11.0 Å². The molecule has 2 N–H and O–H groups in total. The average molecular weight is 317 g/mol. The summed E-state index contributed by atoms with van der Waals surface area (Å²) < 4.78 is 27.8. The van der Waals surface area contributed by atoms with Gasteiger partial charge in [-0.15, -0.1) is 0 Å². The predicted molar refractivity (Wildman–Crippen MR) is 80.8 cm³/mol. The molecule has 5 nitrogen and oxygen atoms in total. The Labute approximate surface area is 129 Å². The van der Waals surface area contributed by atoms with Crippen LogP contribution in [0.2, 0.25) is 0 Å². The van der Waals surface area contributed by atoms with Crippen molar-refractivity contribution in [1.82, 2.24) is 14.9 Å². The fourth-order valence-corrected chi connectivity index (χ4v) is 2.33. The SMILES string of the molecule is O=C(Cn1c(=O)[nH]c2cc(F)ccc21)NCc1ccccc1F. The van der Waals surface area contributed by atoms with Gasteiger partial charge in [-0.1, -0.05) is 18.2 Å². The molecule has 3 rings (SSSR count). The van der Waals surface area contributed by atoms with Gasteiger partial charge in [0.2, 0.25) is 5.91 Å². The van der Waals surface area contributed by atoms with E-state index in [1.165, 1.54) is 28.8 Å². The fraction of sp³-hybridized carbons (Fsp3) is 0.125. The molecule has 118 valence electrons. The Balaban J connectivity index is 1.75. The molecule has 0 radical (unpaired) electrons. The number of hydrogen-bond donors (Lipinski definition) is 2. The maximum atomic E-state index is 13.5. The number of carbonyl (C=O) groups is 1. The largest absolute Gasteiger partial charge is 0.350 e. The summed E-state index contributed by atoms with van der Waals surface area (Å²) >= 11 is 0. The van der Waals surface area contributed by atoms with Crippen LogP contribution >= 0.6 is 0 Å². The molecule has 0 saturated heterocycles. The molecule has 0 atom stereocenters. The van der Waals surface area contributed by atoms with Crippen molar-refractivity contribution in [1.29, 1.82) is 0 Å². The summed E-state index contributed by atoms with van der Waals surface area (Å²) in [7, 11) is 0. The third kappa shape index (κ3) is 3.13. The number of aromatic nitrogens is 2. The molecule has 0 aliphatic heterocycles. The van der Waals surface area contributed by atoms with Crippen molar-refractivity contribution in [3.63, 3.8) is 0 Å². The molecule has 0 aliphatic carbocycles. The minimum atomic E-state index is -0.508. The molecule has 1 aromatic heterocycles. The summed E-state index contributed by atoms with van der Waals surface area (Å²) in [6.07, 6.45) is 0. The van der Waals surface area contributed by atoms with Crippen LogP contribution in [0.1, 0.15) is 5.56 Å². The van der Waals surface area contributed by atoms with Gasteiger partial charge in [0.25, 0.3) is 0 Å². The van der Waals surface area contributed by atoms with E-state index in [1.807, 2.05) is 0 Å². The molecule has 3 aromatic rings. The first kappa shape index (κ1) is 15.0. The van der Waals surface area contributed by atoms with Crippen LogP contribution in [0.5, 0.6) is 0 Å². The van der Waals surface area contributed by atoms with Gasteiger partial charge in [-0.3, -0.25) is 9.36 Å². The molecule has 0 bridgehead atoms. The lowest BCUT2D eigenvalue weighted by Gasteiger charge is -2.07. The lowest BCUT2D eigenvalue weighted by molar-refractivity contribution is -0.121. The number of nitrogens with zero attached hydrogens (tertiary/aromatic N) is 1. The standard InChI is InChI=1S/C16H13F2N3O2/c17-11-5-6-14-13(7-11)20-16(23)21(14)9-15(22)19-8-10-3-1-2-4-12(10)18/h1-7H,8-9H2,(H,19,22)(H,20,23). The van der Waals surface area contributed by atoms with E-state index in [0.29, 0.717) is 16.6 Å². The van der Waals surface area contributed by atoms with Gasteiger partial charge in [0.1, 0.15) is 18.2 Å².